The van der Waals surface area contributed by atoms with Crippen molar-refractivity contribution in [2.24, 2.45) is 5.92 Å². The zero-order valence-corrected chi connectivity index (χ0v) is 16.9. The van der Waals surface area contributed by atoms with E-state index in [9.17, 15) is 9.59 Å². The van der Waals surface area contributed by atoms with Gasteiger partial charge in [0.05, 0.1) is 12.0 Å². The molecule has 0 radical (unpaired) electrons. The van der Waals surface area contributed by atoms with Gasteiger partial charge in [-0.05, 0) is 49.6 Å². The Kier molecular flexibility index (Phi) is 6.70. The Morgan fingerprint density at radius 1 is 1.18 bits per heavy atom. The fourth-order valence-electron chi connectivity index (χ4n) is 3.67. The van der Waals surface area contributed by atoms with Crippen LogP contribution < -0.4 is 5.32 Å². The summed E-state index contributed by atoms with van der Waals surface area (Å²) in [6.07, 6.45) is 1.45. The second-order valence-electron chi connectivity index (χ2n) is 7.18. The molecule has 2 aromatic rings. The van der Waals surface area contributed by atoms with E-state index >= 15 is 0 Å². The van der Waals surface area contributed by atoms with Crippen molar-refractivity contribution in [1.29, 1.82) is 0 Å². The average molecular weight is 401 g/mol. The van der Waals surface area contributed by atoms with Crippen LogP contribution in [0.25, 0.3) is 0 Å². The van der Waals surface area contributed by atoms with Crippen LogP contribution in [-0.4, -0.2) is 37.0 Å². The van der Waals surface area contributed by atoms with Crippen molar-refractivity contribution >= 4 is 29.1 Å². The van der Waals surface area contributed by atoms with E-state index in [1.165, 1.54) is 7.11 Å². The number of rotatable bonds is 5. The highest BCUT2D eigenvalue weighted by molar-refractivity contribution is 6.30. The van der Waals surface area contributed by atoms with E-state index in [-0.39, 0.29) is 30.4 Å². The highest BCUT2D eigenvalue weighted by Crippen LogP contribution is 2.34. The van der Waals surface area contributed by atoms with Crippen LogP contribution in [-0.2, 0) is 14.3 Å². The lowest BCUT2D eigenvalue weighted by Crippen LogP contribution is -2.46. The van der Waals surface area contributed by atoms with Crippen LogP contribution >= 0.6 is 11.6 Å². The summed E-state index contributed by atoms with van der Waals surface area (Å²) in [6, 6.07) is 15.2. The summed E-state index contributed by atoms with van der Waals surface area (Å²) in [5, 5.41) is 3.55. The summed E-state index contributed by atoms with van der Waals surface area (Å²) in [7, 11) is 1.51. The number of nitrogens with zero attached hydrogens (tertiary/aromatic N) is 1. The summed E-state index contributed by atoms with van der Waals surface area (Å²) in [6.45, 7) is 2.42. The van der Waals surface area contributed by atoms with Gasteiger partial charge in [-0.15, -0.1) is 0 Å². The molecule has 2 amide bonds. The molecular weight excluding hydrogens is 376 g/mol. The first-order valence-corrected chi connectivity index (χ1v) is 9.77. The van der Waals surface area contributed by atoms with E-state index in [1.807, 2.05) is 25.1 Å². The van der Waals surface area contributed by atoms with E-state index < -0.39 is 0 Å². The van der Waals surface area contributed by atoms with E-state index in [0.717, 1.165) is 24.0 Å². The number of likely N-dealkylation sites (tertiary alicyclic amines) is 1. The Morgan fingerprint density at radius 3 is 2.61 bits per heavy atom. The molecule has 0 aliphatic carbocycles. The first kappa shape index (κ1) is 20.4. The van der Waals surface area contributed by atoms with Gasteiger partial charge in [0.25, 0.3) is 0 Å². The Hall–Kier alpha value is -2.37. The number of piperidine rings is 1. The smallest absolute Gasteiger partial charge is 0.249 e. The Morgan fingerprint density at radius 2 is 1.93 bits per heavy atom. The number of amides is 2. The highest BCUT2D eigenvalue weighted by Gasteiger charge is 2.35. The molecule has 2 unspecified atom stereocenters. The number of aryl methyl sites for hydroxylation is 1. The van der Waals surface area contributed by atoms with Gasteiger partial charge in [-0.25, -0.2) is 0 Å². The summed E-state index contributed by atoms with van der Waals surface area (Å²) >= 11 is 5.90. The zero-order valence-electron chi connectivity index (χ0n) is 16.2. The number of carbonyl (C=O) groups is 2. The number of ether oxygens (including phenoxy) is 1. The number of nitrogens with one attached hydrogen (secondary N) is 1. The third-order valence-electron chi connectivity index (χ3n) is 5.08. The lowest BCUT2D eigenvalue weighted by Gasteiger charge is -2.39. The molecule has 2 atom stereocenters. The Labute approximate surface area is 170 Å². The van der Waals surface area contributed by atoms with Gasteiger partial charge in [0.2, 0.25) is 11.8 Å². The second-order valence-corrected chi connectivity index (χ2v) is 7.62. The first-order chi connectivity index (χ1) is 13.5. The molecular formula is C22H25ClN2O3. The molecule has 0 spiro atoms. The fourth-order valence-corrected chi connectivity index (χ4v) is 3.79. The number of anilines is 1. The number of benzene rings is 2. The van der Waals surface area contributed by atoms with Crippen molar-refractivity contribution in [3.05, 3.63) is 64.7 Å². The van der Waals surface area contributed by atoms with Crippen molar-refractivity contribution in [2.45, 2.75) is 25.8 Å². The van der Waals surface area contributed by atoms with E-state index in [4.69, 9.17) is 16.3 Å². The topological polar surface area (TPSA) is 58.6 Å². The van der Waals surface area contributed by atoms with Gasteiger partial charge in [-0.2, -0.15) is 0 Å². The first-order valence-electron chi connectivity index (χ1n) is 9.39. The molecule has 1 saturated heterocycles. The molecule has 1 aliphatic rings. The van der Waals surface area contributed by atoms with Crippen LogP contribution in [0.4, 0.5) is 5.69 Å². The number of methoxy groups -OCH3 is 1. The minimum atomic E-state index is -0.266. The largest absolute Gasteiger partial charge is 0.375 e. The maximum absolute atomic E-state index is 12.8. The average Bonchev–Trinajstić information content (AvgIpc) is 2.69. The summed E-state index contributed by atoms with van der Waals surface area (Å²) in [5.74, 6) is -0.448. The summed E-state index contributed by atoms with van der Waals surface area (Å²) < 4.78 is 5.06. The lowest BCUT2D eigenvalue weighted by atomic mass is 9.88. The van der Waals surface area contributed by atoms with Gasteiger partial charge in [0, 0.05) is 24.4 Å². The quantitative estimate of drug-likeness (QED) is 0.817. The molecule has 1 aliphatic heterocycles. The molecule has 0 bridgehead atoms. The third kappa shape index (κ3) is 4.91. The van der Waals surface area contributed by atoms with Gasteiger partial charge in [-0.3, -0.25) is 9.59 Å². The van der Waals surface area contributed by atoms with Gasteiger partial charge in [0.15, 0.2) is 0 Å². The van der Waals surface area contributed by atoms with Crippen LogP contribution in [0.2, 0.25) is 5.02 Å². The predicted octanol–water partition coefficient (Wildman–Crippen LogP) is 4.21. The normalized spacial score (nSPS) is 19.3. The maximum atomic E-state index is 12.8. The molecule has 6 heteroatoms. The minimum Gasteiger partial charge on any atom is -0.375 e. The maximum Gasteiger partial charge on any atom is 0.249 e. The summed E-state index contributed by atoms with van der Waals surface area (Å²) in [4.78, 5) is 27.2. The number of hydrogen-bond acceptors (Lipinski definition) is 3. The molecule has 28 heavy (non-hydrogen) atoms. The lowest BCUT2D eigenvalue weighted by molar-refractivity contribution is -0.141. The molecule has 1 fully saturated rings. The molecule has 5 nitrogen and oxygen atoms in total. The van der Waals surface area contributed by atoms with Crippen molar-refractivity contribution in [1.82, 2.24) is 4.90 Å². The number of hydrogen-bond donors (Lipinski definition) is 1. The molecule has 1 N–H and O–H groups in total. The molecule has 0 saturated carbocycles. The number of carbonyl (C=O) groups excluding carboxylic acids is 2. The Bertz CT molecular complexity index is 838. The Balaban J connectivity index is 1.75. The monoisotopic (exact) mass is 400 g/mol. The SMILES string of the molecule is COCC(=O)N1CC(C(=O)Nc2ccc(Cl)cc2)CCC1c1cccc(C)c1. The van der Waals surface area contributed by atoms with Gasteiger partial charge in [0.1, 0.15) is 6.61 Å². The van der Waals surface area contributed by atoms with Crippen LogP contribution in [0.5, 0.6) is 0 Å². The number of halogens is 1. The fraction of sp³-hybridized carbons (Fsp3) is 0.364. The highest BCUT2D eigenvalue weighted by atomic mass is 35.5. The standard InChI is InChI=1S/C22H25ClN2O3/c1-15-4-3-5-16(12-15)20-11-6-17(13-25(20)21(26)14-28-2)22(27)24-19-9-7-18(23)8-10-19/h3-5,7-10,12,17,20H,6,11,13-14H2,1-2H3,(H,24,27). The second kappa shape index (κ2) is 9.22. The van der Waals surface area contributed by atoms with Gasteiger partial charge < -0.3 is 15.0 Å². The van der Waals surface area contributed by atoms with E-state index in [0.29, 0.717) is 17.3 Å². The zero-order chi connectivity index (χ0) is 20.1. The third-order valence-corrected chi connectivity index (χ3v) is 5.33. The molecule has 0 aromatic heterocycles. The van der Waals surface area contributed by atoms with Crippen molar-refractivity contribution in [3.8, 4) is 0 Å². The van der Waals surface area contributed by atoms with Gasteiger partial charge >= 0.3 is 0 Å². The van der Waals surface area contributed by atoms with Crippen LogP contribution in [0.3, 0.4) is 0 Å². The van der Waals surface area contributed by atoms with Gasteiger partial charge in [-0.1, -0.05) is 41.4 Å². The van der Waals surface area contributed by atoms with Crippen molar-refractivity contribution in [2.75, 3.05) is 25.6 Å². The van der Waals surface area contributed by atoms with Crippen molar-refractivity contribution in [3.63, 3.8) is 0 Å². The molecule has 1 heterocycles. The molecule has 2 aromatic carbocycles. The van der Waals surface area contributed by atoms with Crippen molar-refractivity contribution < 1.29 is 14.3 Å². The minimum absolute atomic E-state index is 0.00778. The van der Waals surface area contributed by atoms with E-state index in [2.05, 4.69) is 11.4 Å². The summed E-state index contributed by atoms with van der Waals surface area (Å²) in [5.41, 5.74) is 2.95. The predicted molar refractivity (Wildman–Crippen MR) is 110 cm³/mol. The molecule has 3 rings (SSSR count). The van der Waals surface area contributed by atoms with Crippen LogP contribution in [0, 0.1) is 12.8 Å². The molecule has 148 valence electrons. The van der Waals surface area contributed by atoms with Crippen LogP contribution in [0.15, 0.2) is 48.5 Å². The van der Waals surface area contributed by atoms with Crippen LogP contribution in [0.1, 0.15) is 30.0 Å². The van der Waals surface area contributed by atoms with E-state index in [1.54, 1.807) is 29.2 Å².